The lowest BCUT2D eigenvalue weighted by Crippen LogP contribution is -1.93. The molecule has 0 atom stereocenters. The molecule has 59 heavy (non-hydrogen) atoms. The van der Waals surface area contributed by atoms with Crippen LogP contribution in [0.5, 0.6) is 0 Å². The van der Waals surface area contributed by atoms with E-state index < -0.39 is 0 Å². The van der Waals surface area contributed by atoms with Crippen LogP contribution in [0, 0.1) is 0 Å². The number of benzene rings is 10. The fourth-order valence-electron chi connectivity index (χ4n) is 11.3. The first-order chi connectivity index (χ1) is 29.3. The van der Waals surface area contributed by atoms with Gasteiger partial charge in [-0.2, -0.15) is 0 Å². The normalized spacial score (nSPS) is 12.7. The lowest BCUT2D eigenvalue weighted by Gasteiger charge is -2.13. The molecule has 3 nitrogen and oxygen atoms in total. The number of aromatic nitrogens is 3. The van der Waals surface area contributed by atoms with Gasteiger partial charge < -0.3 is 13.4 Å². The molecule has 0 aliphatic rings. The maximum absolute atomic E-state index is 2.63. The van der Waals surface area contributed by atoms with Crippen LogP contribution in [0.15, 0.2) is 188 Å². The Balaban J connectivity index is 1.16. The van der Waals surface area contributed by atoms with Gasteiger partial charge in [0.15, 0.2) is 0 Å². The van der Waals surface area contributed by atoms with Gasteiger partial charge in [0.05, 0.1) is 44.1 Å². The Kier molecular flexibility index (Phi) is 5.41. The summed E-state index contributed by atoms with van der Waals surface area (Å²) < 4.78 is 7.56. The van der Waals surface area contributed by atoms with E-state index in [1.165, 1.54) is 136 Å². The molecule has 0 radical (unpaired) electrons. The molecule has 15 rings (SSSR count). The highest BCUT2D eigenvalue weighted by Gasteiger charge is 2.26. The number of nitrogens with zero attached hydrogens (tertiary/aromatic N) is 3. The van der Waals surface area contributed by atoms with Crippen molar-refractivity contribution in [1.82, 2.24) is 13.4 Å². The van der Waals surface area contributed by atoms with Crippen molar-refractivity contribution in [2.45, 2.75) is 0 Å². The fourth-order valence-corrected chi connectivity index (χ4v) is 11.3. The topological polar surface area (TPSA) is 13.8 Å². The third-order valence-electron chi connectivity index (χ3n) is 13.6. The largest absolute Gasteiger partial charge is 0.309 e. The molecule has 0 unspecified atom stereocenters. The summed E-state index contributed by atoms with van der Waals surface area (Å²) in [5.74, 6) is 0. The first-order valence-corrected chi connectivity index (χ1v) is 20.5. The average molecular weight is 746 g/mol. The molecule has 0 bridgehead atoms. The summed E-state index contributed by atoms with van der Waals surface area (Å²) in [6, 6.07) is 70.4. The highest BCUT2D eigenvalue weighted by molar-refractivity contribution is 6.36. The van der Waals surface area contributed by atoms with Crippen LogP contribution in [0.1, 0.15) is 0 Å². The first-order valence-electron chi connectivity index (χ1n) is 20.5. The van der Waals surface area contributed by atoms with Crippen molar-refractivity contribution in [3.05, 3.63) is 188 Å². The number of para-hydroxylation sites is 4. The third-order valence-corrected chi connectivity index (χ3v) is 13.6. The van der Waals surface area contributed by atoms with Gasteiger partial charge in [0.2, 0.25) is 0 Å². The van der Waals surface area contributed by atoms with Crippen LogP contribution in [-0.4, -0.2) is 13.4 Å². The molecule has 5 heterocycles. The van der Waals surface area contributed by atoms with Crippen LogP contribution in [0.2, 0.25) is 0 Å². The molecular weight excluding hydrogens is 715 g/mol. The van der Waals surface area contributed by atoms with Crippen LogP contribution >= 0.6 is 0 Å². The molecule has 10 aromatic carbocycles. The van der Waals surface area contributed by atoms with Crippen LogP contribution < -0.4 is 0 Å². The maximum Gasteiger partial charge on any atom is 0.0627 e. The molecule has 0 amide bonds. The van der Waals surface area contributed by atoms with E-state index in [0.717, 1.165) is 0 Å². The zero-order chi connectivity index (χ0) is 38.1. The van der Waals surface area contributed by atoms with Crippen molar-refractivity contribution >= 4 is 120 Å². The molecule has 0 saturated heterocycles. The minimum absolute atomic E-state index is 1.17. The Morgan fingerprint density at radius 3 is 1.64 bits per heavy atom. The molecule has 5 aromatic heterocycles. The Morgan fingerprint density at radius 2 is 0.831 bits per heavy atom. The monoisotopic (exact) mass is 745 g/mol. The van der Waals surface area contributed by atoms with Gasteiger partial charge in [-0.3, -0.25) is 0 Å². The molecule has 0 aliphatic heterocycles. The lowest BCUT2D eigenvalue weighted by molar-refractivity contribution is 1.18. The summed E-state index contributed by atoms with van der Waals surface area (Å²) in [5.41, 5.74) is 13.7. The summed E-state index contributed by atoms with van der Waals surface area (Å²) in [6.07, 6.45) is 0. The van der Waals surface area contributed by atoms with Gasteiger partial charge in [-0.05, 0) is 87.8 Å². The Morgan fingerprint density at radius 1 is 0.271 bits per heavy atom. The predicted molar refractivity (Wildman–Crippen MR) is 251 cm³/mol. The van der Waals surface area contributed by atoms with E-state index in [1.54, 1.807) is 0 Å². The van der Waals surface area contributed by atoms with Crippen molar-refractivity contribution in [3.8, 4) is 16.8 Å². The highest BCUT2D eigenvalue weighted by atomic mass is 15.0. The smallest absolute Gasteiger partial charge is 0.0627 e. The standard InChI is InChI=1S/C56H31N3/c1-2-15-35(16-3-1)57-47-23-10-9-20-39(47)42-29-34(25-26-49(42)57)52-36-17-6-4-14-33(36)28-46-53-37-18-7-5-13-32(37)27-45-44-31-50-43(30-51(44)59(55(45)53)56(46)52)41-22-12-21-40-38-19-8-11-24-48(38)58(50)54(40)41/h1-31H. The second-order valence-corrected chi connectivity index (χ2v) is 16.4. The fraction of sp³-hybridized carbons (Fsp3) is 0. The molecule has 0 aliphatic carbocycles. The zero-order valence-electron chi connectivity index (χ0n) is 31.7. The molecule has 0 fully saturated rings. The summed E-state index contributed by atoms with van der Waals surface area (Å²) in [5, 5.41) is 18.0. The minimum atomic E-state index is 1.17. The van der Waals surface area contributed by atoms with Crippen LogP contribution in [0.3, 0.4) is 0 Å². The lowest BCUT2D eigenvalue weighted by atomic mass is 9.92. The van der Waals surface area contributed by atoms with Crippen molar-refractivity contribution in [3.63, 3.8) is 0 Å². The SMILES string of the molecule is c1ccc(-n2c3ccccc3c3cc(-c4c5ccccc5cc5c6c7ccccc7cc7c8cc9c(cc8n(c45)c76)c4cccc5c6ccccc6n9c54)ccc32)cc1. The van der Waals surface area contributed by atoms with Crippen molar-refractivity contribution in [1.29, 1.82) is 0 Å². The molecule has 15 aromatic rings. The van der Waals surface area contributed by atoms with Gasteiger partial charge in [-0.25, -0.2) is 0 Å². The molecule has 270 valence electrons. The van der Waals surface area contributed by atoms with Gasteiger partial charge in [0, 0.05) is 65.1 Å². The molecule has 0 N–H and O–H groups in total. The summed E-state index contributed by atoms with van der Waals surface area (Å²) in [7, 11) is 0. The second-order valence-electron chi connectivity index (χ2n) is 16.4. The summed E-state index contributed by atoms with van der Waals surface area (Å²) in [4.78, 5) is 0. The number of hydrogen-bond acceptors (Lipinski definition) is 0. The predicted octanol–water partition coefficient (Wildman–Crippen LogP) is 15.1. The van der Waals surface area contributed by atoms with Crippen LogP contribution in [0.25, 0.3) is 136 Å². The van der Waals surface area contributed by atoms with E-state index in [-0.39, 0.29) is 0 Å². The van der Waals surface area contributed by atoms with Crippen molar-refractivity contribution in [2.24, 2.45) is 0 Å². The van der Waals surface area contributed by atoms with E-state index in [1.807, 2.05) is 0 Å². The summed E-state index contributed by atoms with van der Waals surface area (Å²) in [6.45, 7) is 0. The van der Waals surface area contributed by atoms with E-state index in [0.29, 0.717) is 0 Å². The minimum Gasteiger partial charge on any atom is -0.309 e. The van der Waals surface area contributed by atoms with Gasteiger partial charge in [0.25, 0.3) is 0 Å². The van der Waals surface area contributed by atoms with Gasteiger partial charge in [-0.15, -0.1) is 0 Å². The molecule has 0 spiro atoms. The van der Waals surface area contributed by atoms with Crippen LogP contribution in [-0.2, 0) is 0 Å². The van der Waals surface area contributed by atoms with Crippen molar-refractivity contribution < 1.29 is 0 Å². The molecular formula is C56H31N3. The number of hydrogen-bond donors (Lipinski definition) is 0. The van der Waals surface area contributed by atoms with Crippen LogP contribution in [0.4, 0.5) is 0 Å². The van der Waals surface area contributed by atoms with Gasteiger partial charge >= 0.3 is 0 Å². The molecule has 0 saturated carbocycles. The van der Waals surface area contributed by atoms with E-state index in [2.05, 4.69) is 201 Å². The average Bonchev–Trinajstić information content (AvgIpc) is 4.08. The quantitative estimate of drug-likeness (QED) is 0.167. The molecule has 3 heteroatoms. The number of rotatable bonds is 2. The Bertz CT molecular complexity index is 4290. The maximum atomic E-state index is 2.63. The van der Waals surface area contributed by atoms with E-state index in [9.17, 15) is 0 Å². The third kappa shape index (κ3) is 3.62. The zero-order valence-corrected chi connectivity index (χ0v) is 31.7. The van der Waals surface area contributed by atoms with Gasteiger partial charge in [0.1, 0.15) is 0 Å². The summed E-state index contributed by atoms with van der Waals surface area (Å²) >= 11 is 0. The number of fused-ring (bicyclic) bond motifs is 18. The Labute approximate surface area is 336 Å². The highest BCUT2D eigenvalue weighted by Crippen LogP contribution is 2.50. The second kappa shape index (κ2) is 10.5. The van der Waals surface area contributed by atoms with E-state index in [4.69, 9.17) is 0 Å². The van der Waals surface area contributed by atoms with Gasteiger partial charge in [-0.1, -0.05) is 127 Å². The van der Waals surface area contributed by atoms with E-state index >= 15 is 0 Å². The van der Waals surface area contributed by atoms with Crippen molar-refractivity contribution in [2.75, 3.05) is 0 Å². The Hall–Kier alpha value is -7.88. The first kappa shape index (κ1) is 30.3.